The molecule has 0 aliphatic heterocycles. The number of rotatable bonds is 2. The van der Waals surface area contributed by atoms with Crippen LogP contribution in [0.4, 0.5) is 0 Å². The summed E-state index contributed by atoms with van der Waals surface area (Å²) in [6.45, 7) is 1.82. The van der Waals surface area contributed by atoms with Crippen LogP contribution in [-0.2, 0) is 4.57 Å². The van der Waals surface area contributed by atoms with Gasteiger partial charge in [0.25, 0.3) is 7.48 Å². The van der Waals surface area contributed by atoms with Crippen LogP contribution in [0.3, 0.4) is 0 Å². The van der Waals surface area contributed by atoms with Crippen molar-refractivity contribution in [3.63, 3.8) is 0 Å². The summed E-state index contributed by atoms with van der Waals surface area (Å²) in [5, 5.41) is 0. The monoisotopic (exact) mass is 86.0 g/mol. The van der Waals surface area contributed by atoms with Crippen LogP contribution in [0.15, 0.2) is 0 Å². The Labute approximate surface area is 36.2 Å². The van der Waals surface area contributed by atoms with Crippen molar-refractivity contribution in [1.29, 1.82) is 0 Å². The smallest absolute Gasteiger partial charge is 0.300 e. The third-order valence-electron chi connectivity index (χ3n) is 0.215. The summed E-state index contributed by atoms with van der Waals surface area (Å²) in [7, 11) is 5.47. The third-order valence-corrected chi connectivity index (χ3v) is 0.372. The largest absolute Gasteiger partial charge is 0.502 e. The molecule has 4 heteroatoms. The Hall–Kier alpha value is 0.520. The van der Waals surface area contributed by atoms with Gasteiger partial charge in [-0.05, 0) is 0 Å². The van der Waals surface area contributed by atoms with Gasteiger partial charge in [0.2, 0.25) is 0 Å². The average Bonchev–Trinajstić information content (AvgIpc) is 1.41. The van der Waals surface area contributed by atoms with Gasteiger partial charge in [-0.15, -0.1) is 9.12 Å². The lowest BCUT2D eigenvalue weighted by molar-refractivity contribution is 0.665. The van der Waals surface area contributed by atoms with Gasteiger partial charge >= 0.3 is 7.20 Å². The SMILES string of the molecule is C[B]O[B]P. The Morgan fingerprint density at radius 1 is 1.80 bits per heavy atom. The summed E-state index contributed by atoms with van der Waals surface area (Å²) in [4.78, 5) is 0. The molecule has 0 saturated heterocycles. The van der Waals surface area contributed by atoms with E-state index in [0.717, 1.165) is 0 Å². The van der Waals surface area contributed by atoms with E-state index in [1.807, 2.05) is 6.82 Å². The lowest BCUT2D eigenvalue weighted by Crippen LogP contribution is -1.90. The maximum Gasteiger partial charge on any atom is 0.300 e. The van der Waals surface area contributed by atoms with Crippen LogP contribution < -0.4 is 0 Å². The first kappa shape index (κ1) is 5.52. The maximum absolute atomic E-state index is 4.55. The quantitative estimate of drug-likeness (QED) is 0.341. The highest BCUT2D eigenvalue weighted by Gasteiger charge is 1.73. The minimum atomic E-state index is 1.54. The van der Waals surface area contributed by atoms with Gasteiger partial charge < -0.3 is 4.57 Å². The van der Waals surface area contributed by atoms with Crippen molar-refractivity contribution in [1.82, 2.24) is 0 Å². The molecular formula is CH5B2OP. The van der Waals surface area contributed by atoms with Crippen LogP contribution >= 0.6 is 9.12 Å². The summed E-state index contributed by atoms with van der Waals surface area (Å²) < 4.78 is 4.55. The lowest BCUT2D eigenvalue weighted by atomic mass is 10.1. The van der Waals surface area contributed by atoms with Crippen molar-refractivity contribution in [3.8, 4) is 0 Å². The molecule has 0 aromatic rings. The predicted octanol–water partition coefficient (Wildman–Crippen LogP) is 0.0796. The lowest BCUT2D eigenvalue weighted by Gasteiger charge is -1.82. The summed E-state index contributed by atoms with van der Waals surface area (Å²) in [6, 6.07) is 0. The van der Waals surface area contributed by atoms with Gasteiger partial charge in [-0.3, -0.25) is 0 Å². The highest BCUT2D eigenvalue weighted by molar-refractivity contribution is 7.54. The van der Waals surface area contributed by atoms with E-state index in [4.69, 9.17) is 0 Å². The minimum Gasteiger partial charge on any atom is -0.502 e. The van der Waals surface area contributed by atoms with Crippen LogP contribution in [-0.4, -0.2) is 14.7 Å². The van der Waals surface area contributed by atoms with Gasteiger partial charge in [-0.2, -0.15) is 0 Å². The molecular weight excluding hydrogens is 80.6 g/mol. The second kappa shape index (κ2) is 4.52. The fourth-order valence-electron chi connectivity index (χ4n) is 0.0786. The van der Waals surface area contributed by atoms with Gasteiger partial charge in [0, 0.05) is 0 Å². The highest BCUT2D eigenvalue weighted by Crippen LogP contribution is 1.72. The second-order valence-electron chi connectivity index (χ2n) is 0.508. The van der Waals surface area contributed by atoms with Crippen molar-refractivity contribution in [2.75, 3.05) is 0 Å². The molecule has 0 aromatic carbocycles. The van der Waals surface area contributed by atoms with Gasteiger partial charge in [0.05, 0.1) is 0 Å². The molecule has 0 aliphatic rings. The highest BCUT2D eigenvalue weighted by atomic mass is 31.0. The Morgan fingerprint density at radius 3 is 2.40 bits per heavy atom. The molecule has 0 spiro atoms. The molecule has 0 heterocycles. The molecule has 2 radical (unpaired) electrons. The Morgan fingerprint density at radius 2 is 2.40 bits per heavy atom. The molecule has 26 valence electrons. The van der Waals surface area contributed by atoms with E-state index in [1.54, 1.807) is 14.7 Å². The molecule has 0 amide bonds. The Kier molecular flexibility index (Phi) is 4.99. The van der Waals surface area contributed by atoms with Gasteiger partial charge in [0.15, 0.2) is 0 Å². The molecule has 5 heavy (non-hydrogen) atoms. The fourth-order valence-corrected chi connectivity index (χ4v) is 0.236. The topological polar surface area (TPSA) is 9.23 Å². The first-order chi connectivity index (χ1) is 2.41. The summed E-state index contributed by atoms with van der Waals surface area (Å²) in [5.74, 6) is 0. The molecule has 0 fully saturated rings. The zero-order valence-corrected chi connectivity index (χ0v) is 4.29. The standard InChI is InChI=1S/CH5B2OP/c1-2-4-3-5/h5H2,1H3. The molecule has 1 atom stereocenters. The molecule has 0 aliphatic carbocycles. The van der Waals surface area contributed by atoms with Crippen LogP contribution in [0.5, 0.6) is 0 Å². The Bertz CT molecular complexity index is 17.1. The normalized spacial score (nSPS) is 6.80. The Balaban J connectivity index is 2.19. The van der Waals surface area contributed by atoms with Crippen molar-refractivity contribution in [2.24, 2.45) is 0 Å². The first-order valence-corrected chi connectivity index (χ1v) is 2.05. The molecule has 0 N–H and O–H groups in total. The zero-order chi connectivity index (χ0) is 4.12. The van der Waals surface area contributed by atoms with Crippen LogP contribution in [0.25, 0.3) is 0 Å². The van der Waals surface area contributed by atoms with E-state index in [9.17, 15) is 0 Å². The third kappa shape index (κ3) is 4.52. The second-order valence-corrected chi connectivity index (χ2v) is 0.780. The van der Waals surface area contributed by atoms with Crippen LogP contribution in [0, 0.1) is 0 Å². The zero-order valence-electron chi connectivity index (χ0n) is 3.14. The van der Waals surface area contributed by atoms with Crippen molar-refractivity contribution in [3.05, 3.63) is 0 Å². The predicted molar refractivity (Wildman–Crippen MR) is 28.2 cm³/mol. The number of hydrogen-bond acceptors (Lipinski definition) is 1. The van der Waals surface area contributed by atoms with Crippen molar-refractivity contribution < 1.29 is 4.57 Å². The average molecular weight is 85.6 g/mol. The molecule has 0 bridgehead atoms. The molecule has 1 unspecified atom stereocenters. The van der Waals surface area contributed by atoms with Crippen molar-refractivity contribution >= 4 is 23.8 Å². The van der Waals surface area contributed by atoms with E-state index in [1.165, 1.54) is 0 Å². The molecule has 0 rings (SSSR count). The van der Waals surface area contributed by atoms with Crippen LogP contribution in [0.2, 0.25) is 6.82 Å². The molecule has 0 aromatic heterocycles. The van der Waals surface area contributed by atoms with Gasteiger partial charge in [-0.25, -0.2) is 0 Å². The minimum absolute atomic E-state index is 1.54. The van der Waals surface area contributed by atoms with Gasteiger partial charge in [0.1, 0.15) is 0 Å². The molecule has 0 saturated carbocycles. The van der Waals surface area contributed by atoms with Crippen molar-refractivity contribution in [2.45, 2.75) is 6.82 Å². The first-order valence-electron chi connectivity index (χ1n) is 1.38. The number of hydrogen-bond donors (Lipinski definition) is 0. The molecule has 1 nitrogen and oxygen atoms in total. The van der Waals surface area contributed by atoms with E-state index < -0.39 is 0 Å². The van der Waals surface area contributed by atoms with E-state index >= 15 is 0 Å². The summed E-state index contributed by atoms with van der Waals surface area (Å²) in [5.41, 5.74) is 0. The summed E-state index contributed by atoms with van der Waals surface area (Å²) in [6.07, 6.45) is 0. The maximum atomic E-state index is 4.55. The van der Waals surface area contributed by atoms with Crippen LogP contribution in [0.1, 0.15) is 0 Å². The van der Waals surface area contributed by atoms with Gasteiger partial charge in [-0.1, -0.05) is 6.82 Å². The van der Waals surface area contributed by atoms with E-state index in [0.29, 0.717) is 0 Å². The van der Waals surface area contributed by atoms with E-state index in [-0.39, 0.29) is 0 Å². The fraction of sp³-hybridized carbons (Fsp3) is 1.00. The van der Waals surface area contributed by atoms with E-state index in [2.05, 4.69) is 13.7 Å². The summed E-state index contributed by atoms with van der Waals surface area (Å²) >= 11 is 0.